The van der Waals surface area contributed by atoms with Crippen molar-refractivity contribution in [3.8, 4) is 11.3 Å². The summed E-state index contributed by atoms with van der Waals surface area (Å²) in [6, 6.07) is 4.86. The molecule has 0 atom stereocenters. The molecular weight excluding hydrogens is 369 g/mol. The second-order valence-corrected chi connectivity index (χ2v) is 7.88. The SMILES string of the molecule is Cc1onc(-c2c(F)cccc2Cl)c1C(=O)N1CCC(NCC2CC2)CC1. The van der Waals surface area contributed by atoms with E-state index in [1.807, 2.05) is 0 Å². The van der Waals surface area contributed by atoms with E-state index < -0.39 is 5.82 Å². The Hall–Kier alpha value is -1.92. The minimum atomic E-state index is -0.521. The van der Waals surface area contributed by atoms with Crippen LogP contribution in [0.5, 0.6) is 0 Å². The van der Waals surface area contributed by atoms with Crippen LogP contribution in [0.25, 0.3) is 11.3 Å². The molecule has 2 heterocycles. The third-order valence-electron chi connectivity index (χ3n) is 5.45. The van der Waals surface area contributed by atoms with Crippen molar-refractivity contribution in [1.82, 2.24) is 15.4 Å². The molecule has 1 saturated heterocycles. The van der Waals surface area contributed by atoms with Gasteiger partial charge in [0.05, 0.1) is 10.6 Å². The van der Waals surface area contributed by atoms with Gasteiger partial charge in [-0.15, -0.1) is 0 Å². The second kappa shape index (κ2) is 7.60. The van der Waals surface area contributed by atoms with Gasteiger partial charge in [-0.3, -0.25) is 4.79 Å². The summed E-state index contributed by atoms with van der Waals surface area (Å²) >= 11 is 6.17. The second-order valence-electron chi connectivity index (χ2n) is 7.48. The van der Waals surface area contributed by atoms with Crippen molar-refractivity contribution in [1.29, 1.82) is 0 Å². The molecule has 5 nitrogen and oxygen atoms in total. The van der Waals surface area contributed by atoms with Gasteiger partial charge in [-0.1, -0.05) is 22.8 Å². The number of nitrogens with zero attached hydrogens (tertiary/aromatic N) is 2. The number of carbonyl (C=O) groups excluding carboxylic acids is 1. The lowest BCUT2D eigenvalue weighted by molar-refractivity contribution is 0.0704. The van der Waals surface area contributed by atoms with Crippen LogP contribution >= 0.6 is 11.6 Å². The molecule has 0 unspecified atom stereocenters. The highest BCUT2D eigenvalue weighted by atomic mass is 35.5. The van der Waals surface area contributed by atoms with Crippen molar-refractivity contribution in [3.05, 3.63) is 40.4 Å². The molecule has 1 N–H and O–H groups in total. The number of likely N-dealkylation sites (tertiary alicyclic amines) is 1. The lowest BCUT2D eigenvalue weighted by Gasteiger charge is -2.32. The Morgan fingerprint density at radius 2 is 2.07 bits per heavy atom. The summed E-state index contributed by atoms with van der Waals surface area (Å²) in [5.41, 5.74) is 0.585. The maximum Gasteiger partial charge on any atom is 0.259 e. The number of nitrogens with one attached hydrogen (secondary N) is 1. The first kappa shape index (κ1) is 18.4. The lowest BCUT2D eigenvalue weighted by Crippen LogP contribution is -2.45. The average Bonchev–Trinajstić information content (AvgIpc) is 3.42. The molecule has 1 aliphatic heterocycles. The largest absolute Gasteiger partial charge is 0.360 e. The van der Waals surface area contributed by atoms with Gasteiger partial charge < -0.3 is 14.7 Å². The van der Waals surface area contributed by atoms with Crippen LogP contribution in [0.1, 0.15) is 41.8 Å². The molecule has 0 spiro atoms. The monoisotopic (exact) mass is 391 g/mol. The van der Waals surface area contributed by atoms with E-state index in [1.54, 1.807) is 17.9 Å². The zero-order valence-corrected chi connectivity index (χ0v) is 16.1. The van der Waals surface area contributed by atoms with E-state index in [4.69, 9.17) is 16.1 Å². The first-order valence-electron chi connectivity index (χ1n) is 9.48. The predicted molar refractivity (Wildman–Crippen MR) is 101 cm³/mol. The van der Waals surface area contributed by atoms with Crippen LogP contribution < -0.4 is 5.32 Å². The van der Waals surface area contributed by atoms with Crippen LogP contribution in [0.3, 0.4) is 0 Å². The summed E-state index contributed by atoms with van der Waals surface area (Å²) < 4.78 is 19.6. The number of carbonyl (C=O) groups is 1. The van der Waals surface area contributed by atoms with Crippen molar-refractivity contribution in [3.63, 3.8) is 0 Å². The summed E-state index contributed by atoms with van der Waals surface area (Å²) in [7, 11) is 0. The topological polar surface area (TPSA) is 58.4 Å². The molecule has 7 heteroatoms. The number of hydrogen-bond donors (Lipinski definition) is 1. The molecule has 4 rings (SSSR count). The molecular formula is C20H23ClFN3O2. The van der Waals surface area contributed by atoms with Gasteiger partial charge in [0.15, 0.2) is 0 Å². The fraction of sp³-hybridized carbons (Fsp3) is 0.500. The molecule has 2 fully saturated rings. The highest BCUT2D eigenvalue weighted by Gasteiger charge is 2.31. The zero-order valence-electron chi connectivity index (χ0n) is 15.3. The quantitative estimate of drug-likeness (QED) is 0.835. The van der Waals surface area contributed by atoms with E-state index in [-0.39, 0.29) is 22.2 Å². The van der Waals surface area contributed by atoms with Gasteiger partial charge >= 0.3 is 0 Å². The number of rotatable bonds is 5. The first-order chi connectivity index (χ1) is 13.0. The van der Waals surface area contributed by atoms with Crippen molar-refractivity contribution in [2.75, 3.05) is 19.6 Å². The minimum Gasteiger partial charge on any atom is -0.360 e. The molecule has 144 valence electrons. The fourth-order valence-electron chi connectivity index (χ4n) is 3.62. The predicted octanol–water partition coefficient (Wildman–Crippen LogP) is 4.05. The van der Waals surface area contributed by atoms with Crippen molar-refractivity contribution in [2.45, 2.75) is 38.6 Å². The molecule has 0 bridgehead atoms. The first-order valence-corrected chi connectivity index (χ1v) is 9.85. The van der Waals surface area contributed by atoms with Gasteiger partial charge in [0, 0.05) is 19.1 Å². The molecule has 1 saturated carbocycles. The summed E-state index contributed by atoms with van der Waals surface area (Å²) in [4.78, 5) is 14.9. The number of aryl methyl sites for hydroxylation is 1. The van der Waals surface area contributed by atoms with Gasteiger partial charge in [0.25, 0.3) is 5.91 Å². The van der Waals surface area contributed by atoms with E-state index in [0.29, 0.717) is 30.5 Å². The molecule has 0 radical (unpaired) electrons. The van der Waals surface area contributed by atoms with Gasteiger partial charge in [-0.25, -0.2) is 4.39 Å². The lowest BCUT2D eigenvalue weighted by atomic mass is 10.0. The molecule has 2 aliphatic rings. The van der Waals surface area contributed by atoms with Crippen LogP contribution in [0.2, 0.25) is 5.02 Å². The van der Waals surface area contributed by atoms with Gasteiger partial charge in [0.2, 0.25) is 0 Å². The summed E-state index contributed by atoms with van der Waals surface area (Å²) in [6.07, 6.45) is 4.49. The smallest absolute Gasteiger partial charge is 0.259 e. The van der Waals surface area contributed by atoms with Gasteiger partial charge in [-0.05, 0) is 57.2 Å². The Bertz CT molecular complexity index is 821. The zero-order chi connectivity index (χ0) is 19.0. The molecule has 2 aromatic rings. The number of hydrogen-bond acceptors (Lipinski definition) is 4. The van der Waals surface area contributed by atoms with Crippen LogP contribution in [0.15, 0.2) is 22.7 Å². The Labute approximate surface area is 162 Å². The van der Waals surface area contributed by atoms with E-state index in [2.05, 4.69) is 10.5 Å². The summed E-state index contributed by atoms with van der Waals surface area (Å²) in [5, 5.41) is 7.75. The molecule has 1 aromatic carbocycles. The van der Waals surface area contributed by atoms with E-state index in [1.165, 1.54) is 25.0 Å². The maximum absolute atomic E-state index is 14.3. The summed E-state index contributed by atoms with van der Waals surface area (Å²) in [6.45, 7) is 4.08. The third kappa shape index (κ3) is 3.87. The molecule has 27 heavy (non-hydrogen) atoms. The Morgan fingerprint density at radius 3 is 2.74 bits per heavy atom. The normalized spacial score (nSPS) is 18.1. The van der Waals surface area contributed by atoms with Crippen LogP contribution in [0, 0.1) is 18.7 Å². The Balaban J connectivity index is 1.50. The van der Waals surface area contributed by atoms with Crippen molar-refractivity contribution in [2.24, 2.45) is 5.92 Å². The average molecular weight is 392 g/mol. The standard InChI is InChI=1S/C20H23ClFN3O2/c1-12-17(19(24-27-12)18-15(21)3-2-4-16(18)22)20(26)25-9-7-14(8-10-25)23-11-13-5-6-13/h2-4,13-14,23H,5-11H2,1H3. The Morgan fingerprint density at radius 1 is 1.33 bits per heavy atom. The maximum atomic E-state index is 14.3. The number of benzene rings is 1. The van der Waals surface area contributed by atoms with E-state index in [9.17, 15) is 9.18 Å². The van der Waals surface area contributed by atoms with Crippen molar-refractivity contribution < 1.29 is 13.7 Å². The highest BCUT2D eigenvalue weighted by molar-refractivity contribution is 6.33. The third-order valence-corrected chi connectivity index (χ3v) is 5.77. The molecule has 1 aliphatic carbocycles. The molecule has 1 aromatic heterocycles. The minimum absolute atomic E-state index is 0.111. The molecule has 1 amide bonds. The van der Waals surface area contributed by atoms with Crippen LogP contribution in [-0.4, -0.2) is 41.6 Å². The Kier molecular flexibility index (Phi) is 5.19. The van der Waals surface area contributed by atoms with Gasteiger partial charge in [-0.2, -0.15) is 0 Å². The number of aromatic nitrogens is 1. The number of amides is 1. The highest BCUT2D eigenvalue weighted by Crippen LogP contribution is 2.34. The summed E-state index contributed by atoms with van der Waals surface area (Å²) in [5.74, 6) is 0.525. The van der Waals surface area contributed by atoms with Crippen molar-refractivity contribution >= 4 is 17.5 Å². The van der Waals surface area contributed by atoms with E-state index >= 15 is 0 Å². The number of halogens is 2. The van der Waals surface area contributed by atoms with E-state index in [0.717, 1.165) is 25.3 Å². The van der Waals surface area contributed by atoms with Crippen LogP contribution in [0.4, 0.5) is 4.39 Å². The van der Waals surface area contributed by atoms with Gasteiger partial charge in [0.1, 0.15) is 22.8 Å². The van der Waals surface area contributed by atoms with Crippen LogP contribution in [-0.2, 0) is 0 Å². The fourth-order valence-corrected chi connectivity index (χ4v) is 3.87. The number of piperidine rings is 1.